The number of ketones is 1. The van der Waals surface area contributed by atoms with Gasteiger partial charge in [-0.3, -0.25) is 9.59 Å². The van der Waals surface area contributed by atoms with Crippen molar-refractivity contribution in [3.63, 3.8) is 0 Å². The average molecular weight is 239 g/mol. The molecule has 1 N–H and O–H groups in total. The summed E-state index contributed by atoms with van der Waals surface area (Å²) in [4.78, 5) is 24.4. The SMILES string of the molecule is CCCCCCC/C(O)=C1/C(=O)CN(C)C1=O. The van der Waals surface area contributed by atoms with Crippen LogP contribution in [-0.4, -0.2) is 35.3 Å². The molecule has 0 unspecified atom stereocenters. The summed E-state index contributed by atoms with van der Waals surface area (Å²) >= 11 is 0. The van der Waals surface area contributed by atoms with Crippen molar-refractivity contribution in [2.45, 2.75) is 45.4 Å². The van der Waals surface area contributed by atoms with Crippen LogP contribution in [0.25, 0.3) is 0 Å². The van der Waals surface area contributed by atoms with Crippen molar-refractivity contribution in [2.24, 2.45) is 0 Å². The van der Waals surface area contributed by atoms with Crippen LogP contribution < -0.4 is 0 Å². The van der Waals surface area contributed by atoms with Crippen molar-refractivity contribution in [3.8, 4) is 0 Å². The normalized spacial score (nSPS) is 19.1. The number of likely N-dealkylation sites (N-methyl/N-ethyl adjacent to an activating group) is 1. The van der Waals surface area contributed by atoms with Gasteiger partial charge in [-0.05, 0) is 6.42 Å². The lowest BCUT2D eigenvalue weighted by Gasteiger charge is -2.05. The van der Waals surface area contributed by atoms with Gasteiger partial charge in [0.15, 0.2) is 5.78 Å². The van der Waals surface area contributed by atoms with Gasteiger partial charge in [0.25, 0.3) is 5.91 Å². The minimum absolute atomic E-state index is 0.00277. The molecule has 0 saturated carbocycles. The van der Waals surface area contributed by atoms with Gasteiger partial charge in [-0.2, -0.15) is 0 Å². The van der Waals surface area contributed by atoms with E-state index < -0.39 is 0 Å². The van der Waals surface area contributed by atoms with E-state index in [4.69, 9.17) is 0 Å². The van der Waals surface area contributed by atoms with E-state index in [9.17, 15) is 14.7 Å². The molecule has 0 aromatic heterocycles. The van der Waals surface area contributed by atoms with Crippen LogP contribution in [0.5, 0.6) is 0 Å². The number of Topliss-reactive ketones (excluding diaryl/α,β-unsaturated/α-hetero) is 1. The molecule has 0 aliphatic carbocycles. The van der Waals surface area contributed by atoms with Gasteiger partial charge < -0.3 is 10.0 Å². The highest BCUT2D eigenvalue weighted by Gasteiger charge is 2.33. The molecule has 0 bridgehead atoms. The molecule has 0 aromatic carbocycles. The molecule has 1 aliphatic rings. The van der Waals surface area contributed by atoms with Gasteiger partial charge >= 0.3 is 0 Å². The van der Waals surface area contributed by atoms with Crippen LogP contribution >= 0.6 is 0 Å². The second kappa shape index (κ2) is 6.42. The largest absolute Gasteiger partial charge is 0.511 e. The molecule has 1 amide bonds. The standard InChI is InChI=1S/C13H21NO3/c1-3-4-5-6-7-8-10(15)12-11(16)9-14(2)13(12)17/h15H,3-9H2,1-2H3/b12-10+. The number of allylic oxidation sites excluding steroid dienone is 1. The third-order valence-corrected chi connectivity index (χ3v) is 3.03. The van der Waals surface area contributed by atoms with Crippen LogP contribution in [0.15, 0.2) is 11.3 Å². The van der Waals surface area contributed by atoms with E-state index in [-0.39, 0.29) is 29.6 Å². The van der Waals surface area contributed by atoms with Crippen molar-refractivity contribution >= 4 is 11.7 Å². The van der Waals surface area contributed by atoms with Crippen LogP contribution in [0, 0.1) is 0 Å². The van der Waals surface area contributed by atoms with Crippen LogP contribution in [0.4, 0.5) is 0 Å². The van der Waals surface area contributed by atoms with Crippen LogP contribution in [0.2, 0.25) is 0 Å². The number of hydrogen-bond donors (Lipinski definition) is 1. The summed E-state index contributed by atoms with van der Waals surface area (Å²) in [7, 11) is 1.57. The molecule has 4 nitrogen and oxygen atoms in total. The Morgan fingerprint density at radius 1 is 1.24 bits per heavy atom. The molecule has 0 radical (unpaired) electrons. The Morgan fingerprint density at radius 3 is 2.41 bits per heavy atom. The Bertz CT molecular complexity index is 334. The summed E-state index contributed by atoms with van der Waals surface area (Å²) in [5.41, 5.74) is 0.00277. The number of aliphatic hydroxyl groups excluding tert-OH is 1. The summed E-state index contributed by atoms with van der Waals surface area (Å²) in [6, 6.07) is 0. The zero-order chi connectivity index (χ0) is 12.8. The number of rotatable bonds is 6. The summed E-state index contributed by atoms with van der Waals surface area (Å²) in [6.07, 6.45) is 5.81. The van der Waals surface area contributed by atoms with E-state index in [1.165, 1.54) is 17.7 Å². The number of unbranched alkanes of at least 4 members (excludes halogenated alkanes) is 4. The zero-order valence-corrected chi connectivity index (χ0v) is 10.7. The van der Waals surface area contributed by atoms with E-state index in [2.05, 4.69) is 6.92 Å². The third kappa shape index (κ3) is 3.58. The summed E-state index contributed by atoms with van der Waals surface area (Å²) < 4.78 is 0. The highest BCUT2D eigenvalue weighted by Crippen LogP contribution is 2.19. The van der Waals surface area contributed by atoms with Gasteiger partial charge in [-0.25, -0.2) is 0 Å². The molecule has 0 atom stereocenters. The number of likely N-dealkylation sites (tertiary alicyclic amines) is 1. The van der Waals surface area contributed by atoms with E-state index >= 15 is 0 Å². The van der Waals surface area contributed by atoms with E-state index in [0.717, 1.165) is 19.3 Å². The van der Waals surface area contributed by atoms with Gasteiger partial charge in [0.05, 0.1) is 6.54 Å². The Labute approximate surface area is 102 Å². The van der Waals surface area contributed by atoms with Gasteiger partial charge in [0.2, 0.25) is 0 Å². The molecular weight excluding hydrogens is 218 g/mol. The predicted octanol–water partition coefficient (Wildman–Crippen LogP) is 2.20. The highest BCUT2D eigenvalue weighted by molar-refractivity contribution is 6.25. The fraction of sp³-hybridized carbons (Fsp3) is 0.692. The summed E-state index contributed by atoms with van der Waals surface area (Å²) in [5, 5.41) is 9.78. The van der Waals surface area contributed by atoms with Crippen molar-refractivity contribution < 1.29 is 14.7 Å². The Kier molecular flexibility index (Phi) is 5.19. The fourth-order valence-electron chi connectivity index (χ4n) is 1.98. The van der Waals surface area contributed by atoms with Crippen LogP contribution in [0.3, 0.4) is 0 Å². The summed E-state index contributed by atoms with van der Waals surface area (Å²) in [6.45, 7) is 2.24. The number of amides is 1. The monoisotopic (exact) mass is 239 g/mol. The minimum Gasteiger partial charge on any atom is -0.511 e. The molecule has 1 heterocycles. The van der Waals surface area contributed by atoms with Crippen molar-refractivity contribution in [1.82, 2.24) is 4.90 Å². The van der Waals surface area contributed by atoms with Gasteiger partial charge in [-0.1, -0.05) is 32.6 Å². The molecule has 17 heavy (non-hydrogen) atoms. The number of hydrogen-bond acceptors (Lipinski definition) is 3. The topological polar surface area (TPSA) is 57.6 Å². The van der Waals surface area contributed by atoms with Crippen molar-refractivity contribution in [1.29, 1.82) is 0 Å². The van der Waals surface area contributed by atoms with Crippen LogP contribution in [-0.2, 0) is 9.59 Å². The smallest absolute Gasteiger partial charge is 0.261 e. The quantitative estimate of drug-likeness (QED) is 0.334. The number of nitrogens with zero attached hydrogens (tertiary/aromatic N) is 1. The second-order valence-corrected chi connectivity index (χ2v) is 4.57. The highest BCUT2D eigenvalue weighted by atomic mass is 16.3. The zero-order valence-electron chi connectivity index (χ0n) is 10.7. The predicted molar refractivity (Wildman–Crippen MR) is 65.7 cm³/mol. The number of aliphatic hydroxyl groups is 1. The number of carbonyl (C=O) groups is 2. The second-order valence-electron chi connectivity index (χ2n) is 4.57. The first kappa shape index (κ1) is 13.7. The molecular formula is C13H21NO3. The van der Waals surface area contributed by atoms with Crippen molar-refractivity contribution in [2.75, 3.05) is 13.6 Å². The Balaban J connectivity index is 2.47. The maximum absolute atomic E-state index is 11.6. The lowest BCUT2D eigenvalue weighted by Crippen LogP contribution is -2.19. The fourth-order valence-corrected chi connectivity index (χ4v) is 1.98. The van der Waals surface area contributed by atoms with Gasteiger partial charge in [0.1, 0.15) is 11.3 Å². The first-order chi connectivity index (χ1) is 8.07. The molecule has 4 heteroatoms. The maximum Gasteiger partial charge on any atom is 0.261 e. The van der Waals surface area contributed by atoms with E-state index in [0.29, 0.717) is 6.42 Å². The van der Waals surface area contributed by atoms with Crippen LogP contribution in [0.1, 0.15) is 45.4 Å². The minimum atomic E-state index is -0.346. The Morgan fingerprint density at radius 2 is 1.88 bits per heavy atom. The van der Waals surface area contributed by atoms with Gasteiger partial charge in [0, 0.05) is 13.5 Å². The first-order valence-electron chi connectivity index (χ1n) is 6.28. The molecule has 0 aromatic rings. The lowest BCUT2D eigenvalue weighted by atomic mass is 10.1. The molecule has 1 fully saturated rings. The number of carbonyl (C=O) groups excluding carboxylic acids is 2. The average Bonchev–Trinajstić information content (AvgIpc) is 2.53. The van der Waals surface area contributed by atoms with E-state index in [1.807, 2.05) is 0 Å². The molecule has 1 saturated heterocycles. The summed E-state index contributed by atoms with van der Waals surface area (Å²) in [5.74, 6) is -0.634. The van der Waals surface area contributed by atoms with Crippen molar-refractivity contribution in [3.05, 3.63) is 11.3 Å². The molecule has 1 aliphatic heterocycles. The lowest BCUT2D eigenvalue weighted by molar-refractivity contribution is -0.123. The van der Waals surface area contributed by atoms with E-state index in [1.54, 1.807) is 7.05 Å². The first-order valence-corrected chi connectivity index (χ1v) is 6.28. The molecule has 96 valence electrons. The maximum atomic E-state index is 11.6. The van der Waals surface area contributed by atoms with Gasteiger partial charge in [-0.15, -0.1) is 0 Å². The molecule has 1 rings (SSSR count). The third-order valence-electron chi connectivity index (χ3n) is 3.03. The molecule has 0 spiro atoms. The Hall–Kier alpha value is -1.32.